The number of carbonyl (C=O) groups excluding carboxylic acids is 1. The predicted molar refractivity (Wildman–Crippen MR) is 80.7 cm³/mol. The number of carbonyl (C=O) groups is 1. The van der Waals surface area contributed by atoms with Crippen molar-refractivity contribution in [2.45, 2.75) is 58.0 Å². The van der Waals surface area contributed by atoms with Crippen LogP contribution in [0.2, 0.25) is 0 Å². The third-order valence-corrected chi connectivity index (χ3v) is 3.88. The van der Waals surface area contributed by atoms with E-state index in [0.717, 1.165) is 12.8 Å². The molecule has 0 bridgehead atoms. The zero-order chi connectivity index (χ0) is 14.4. The minimum Gasteiger partial charge on any atom is -0.392 e. The molecule has 2 rings (SSSR count). The van der Waals surface area contributed by atoms with Gasteiger partial charge >= 0.3 is 0 Å². The van der Waals surface area contributed by atoms with Crippen molar-refractivity contribution in [2.75, 3.05) is 6.54 Å². The molecule has 1 atom stereocenters. The minimum absolute atomic E-state index is 0.0314. The molecule has 110 valence electrons. The van der Waals surface area contributed by atoms with Gasteiger partial charge in [0.1, 0.15) is 0 Å². The molecule has 3 nitrogen and oxygen atoms in total. The van der Waals surface area contributed by atoms with Crippen LogP contribution in [0.5, 0.6) is 0 Å². The first-order valence-electron chi connectivity index (χ1n) is 7.70. The highest BCUT2D eigenvalue weighted by atomic mass is 16.3. The number of benzene rings is 1. The Bertz CT molecular complexity index is 454. The first-order chi connectivity index (χ1) is 9.65. The lowest BCUT2D eigenvalue weighted by atomic mass is 9.89. The van der Waals surface area contributed by atoms with Crippen LogP contribution in [0.1, 0.15) is 49.3 Å². The van der Waals surface area contributed by atoms with Crippen LogP contribution >= 0.6 is 0 Å². The Kier molecular flexibility index (Phi) is 5.60. The number of hydrogen-bond donors (Lipinski definition) is 2. The Morgan fingerprint density at radius 1 is 1.30 bits per heavy atom. The van der Waals surface area contributed by atoms with Crippen molar-refractivity contribution in [3.63, 3.8) is 0 Å². The Hall–Kier alpha value is -1.35. The molecule has 1 amide bonds. The van der Waals surface area contributed by atoms with E-state index in [2.05, 4.69) is 23.5 Å². The standard InChI is InChI=1S/C17H25NO2/c1-13(19)12-18-17(20)8-4-5-14-9-10-15-6-2-3-7-16(15)11-14/h9-11,13,19H,2-8,12H2,1H3,(H,18,20). The number of aryl methyl sites for hydroxylation is 3. The van der Waals surface area contributed by atoms with Crippen LogP contribution in [0.15, 0.2) is 18.2 Å². The minimum atomic E-state index is -0.473. The smallest absolute Gasteiger partial charge is 0.220 e. The molecule has 1 aromatic carbocycles. The number of hydrogen-bond acceptors (Lipinski definition) is 2. The number of aliphatic hydroxyl groups excluding tert-OH is 1. The summed E-state index contributed by atoms with van der Waals surface area (Å²) in [5.74, 6) is 0.0314. The first kappa shape index (κ1) is 15.0. The van der Waals surface area contributed by atoms with Gasteiger partial charge in [0, 0.05) is 13.0 Å². The Labute approximate surface area is 121 Å². The van der Waals surface area contributed by atoms with Crippen molar-refractivity contribution in [3.8, 4) is 0 Å². The molecule has 1 unspecified atom stereocenters. The maximum atomic E-state index is 11.5. The van der Waals surface area contributed by atoms with E-state index in [1.165, 1.54) is 42.4 Å². The molecule has 0 saturated carbocycles. The number of aliphatic hydroxyl groups is 1. The highest BCUT2D eigenvalue weighted by Crippen LogP contribution is 2.22. The molecule has 1 aliphatic carbocycles. The van der Waals surface area contributed by atoms with E-state index in [-0.39, 0.29) is 5.91 Å². The molecule has 0 saturated heterocycles. The molecule has 0 fully saturated rings. The van der Waals surface area contributed by atoms with Gasteiger partial charge in [-0.3, -0.25) is 4.79 Å². The van der Waals surface area contributed by atoms with Crippen LogP contribution < -0.4 is 5.32 Å². The zero-order valence-electron chi connectivity index (χ0n) is 12.3. The first-order valence-corrected chi connectivity index (χ1v) is 7.70. The molecule has 0 aromatic heterocycles. The number of rotatable bonds is 6. The van der Waals surface area contributed by atoms with Gasteiger partial charge in [-0.1, -0.05) is 18.2 Å². The second-order valence-electron chi connectivity index (χ2n) is 5.82. The van der Waals surface area contributed by atoms with Crippen LogP contribution in [-0.2, 0) is 24.1 Å². The molecule has 1 aliphatic rings. The lowest BCUT2D eigenvalue weighted by molar-refractivity contribution is -0.121. The van der Waals surface area contributed by atoms with Crippen molar-refractivity contribution in [2.24, 2.45) is 0 Å². The molecule has 20 heavy (non-hydrogen) atoms. The highest BCUT2D eigenvalue weighted by Gasteiger charge is 2.09. The van der Waals surface area contributed by atoms with Gasteiger partial charge in [0.15, 0.2) is 0 Å². The second-order valence-corrected chi connectivity index (χ2v) is 5.82. The lowest BCUT2D eigenvalue weighted by Gasteiger charge is -2.16. The molecule has 0 heterocycles. The number of amides is 1. The van der Waals surface area contributed by atoms with Gasteiger partial charge in [-0.15, -0.1) is 0 Å². The van der Waals surface area contributed by atoms with Crippen LogP contribution in [-0.4, -0.2) is 23.7 Å². The van der Waals surface area contributed by atoms with Crippen LogP contribution in [0, 0.1) is 0 Å². The predicted octanol–water partition coefficient (Wildman–Crippen LogP) is 2.39. The van der Waals surface area contributed by atoms with Crippen molar-refractivity contribution < 1.29 is 9.90 Å². The summed E-state index contributed by atoms with van der Waals surface area (Å²) in [6, 6.07) is 6.79. The monoisotopic (exact) mass is 275 g/mol. The fourth-order valence-electron chi connectivity index (χ4n) is 2.75. The SMILES string of the molecule is CC(O)CNC(=O)CCCc1ccc2c(c1)CCCC2. The normalized spacial score (nSPS) is 15.5. The van der Waals surface area contributed by atoms with E-state index in [1.54, 1.807) is 6.92 Å². The fraction of sp³-hybridized carbons (Fsp3) is 0.588. The lowest BCUT2D eigenvalue weighted by Crippen LogP contribution is -2.30. The second kappa shape index (κ2) is 7.44. The van der Waals surface area contributed by atoms with Crippen LogP contribution in [0.4, 0.5) is 0 Å². The average molecular weight is 275 g/mol. The Balaban J connectivity index is 1.75. The topological polar surface area (TPSA) is 49.3 Å². The van der Waals surface area contributed by atoms with E-state index in [0.29, 0.717) is 13.0 Å². The van der Waals surface area contributed by atoms with Gasteiger partial charge in [-0.05, 0) is 62.1 Å². The van der Waals surface area contributed by atoms with E-state index in [1.807, 2.05) is 0 Å². The summed E-state index contributed by atoms with van der Waals surface area (Å²) in [5, 5.41) is 11.8. The third-order valence-electron chi connectivity index (χ3n) is 3.88. The average Bonchev–Trinajstić information content (AvgIpc) is 2.45. The van der Waals surface area contributed by atoms with Gasteiger partial charge in [0.25, 0.3) is 0 Å². The molecule has 0 spiro atoms. The number of fused-ring (bicyclic) bond motifs is 1. The van der Waals surface area contributed by atoms with E-state index >= 15 is 0 Å². The van der Waals surface area contributed by atoms with Gasteiger partial charge in [-0.25, -0.2) is 0 Å². The Morgan fingerprint density at radius 3 is 2.80 bits per heavy atom. The van der Waals surface area contributed by atoms with Gasteiger partial charge in [0.05, 0.1) is 6.10 Å². The van der Waals surface area contributed by atoms with Gasteiger partial charge in [0.2, 0.25) is 5.91 Å². The molecule has 0 radical (unpaired) electrons. The molecule has 3 heteroatoms. The Morgan fingerprint density at radius 2 is 2.05 bits per heavy atom. The summed E-state index contributed by atoms with van der Waals surface area (Å²) in [6.45, 7) is 2.02. The molecule has 1 aromatic rings. The molecular formula is C17H25NO2. The maximum Gasteiger partial charge on any atom is 0.220 e. The van der Waals surface area contributed by atoms with Gasteiger partial charge in [-0.2, -0.15) is 0 Å². The van der Waals surface area contributed by atoms with E-state index in [9.17, 15) is 4.79 Å². The van der Waals surface area contributed by atoms with Crippen molar-refractivity contribution >= 4 is 5.91 Å². The highest BCUT2D eigenvalue weighted by molar-refractivity contribution is 5.75. The van der Waals surface area contributed by atoms with Crippen LogP contribution in [0.25, 0.3) is 0 Å². The summed E-state index contributed by atoms with van der Waals surface area (Å²) < 4.78 is 0. The fourth-order valence-corrected chi connectivity index (χ4v) is 2.75. The van der Waals surface area contributed by atoms with E-state index < -0.39 is 6.10 Å². The van der Waals surface area contributed by atoms with Crippen molar-refractivity contribution in [1.82, 2.24) is 5.32 Å². The summed E-state index contributed by atoms with van der Waals surface area (Å²) in [5.41, 5.74) is 4.36. The summed E-state index contributed by atoms with van der Waals surface area (Å²) in [7, 11) is 0. The molecular weight excluding hydrogens is 250 g/mol. The zero-order valence-corrected chi connectivity index (χ0v) is 12.3. The maximum absolute atomic E-state index is 11.5. The van der Waals surface area contributed by atoms with Crippen molar-refractivity contribution in [3.05, 3.63) is 34.9 Å². The van der Waals surface area contributed by atoms with Crippen molar-refractivity contribution in [1.29, 1.82) is 0 Å². The largest absolute Gasteiger partial charge is 0.392 e. The molecule has 2 N–H and O–H groups in total. The van der Waals surface area contributed by atoms with E-state index in [4.69, 9.17) is 5.11 Å². The summed E-state index contributed by atoms with van der Waals surface area (Å²) in [4.78, 5) is 11.5. The summed E-state index contributed by atoms with van der Waals surface area (Å²) >= 11 is 0. The number of nitrogens with one attached hydrogen (secondary N) is 1. The van der Waals surface area contributed by atoms with Gasteiger partial charge < -0.3 is 10.4 Å². The molecule has 0 aliphatic heterocycles. The third kappa shape index (κ3) is 4.64. The summed E-state index contributed by atoms with van der Waals surface area (Å²) in [6.07, 6.45) is 6.92. The van der Waals surface area contributed by atoms with Crippen LogP contribution in [0.3, 0.4) is 0 Å². The quantitative estimate of drug-likeness (QED) is 0.837.